The molecule has 25 heavy (non-hydrogen) atoms. The Balaban J connectivity index is 2.58. The number of carbonyl (C=O) groups is 2. The first kappa shape index (κ1) is 20.6. The average molecular weight is 367 g/mol. The van der Waals surface area contributed by atoms with Crippen LogP contribution in [0.3, 0.4) is 0 Å². The number of hydrogen-bond donors (Lipinski definition) is 1. The van der Waals surface area contributed by atoms with Crippen LogP contribution in [-0.2, 0) is 24.3 Å². The number of amides is 1. The minimum absolute atomic E-state index is 0.0325. The normalized spacial score (nSPS) is 12.1. The fourth-order valence-electron chi connectivity index (χ4n) is 1.78. The molecule has 1 amide bonds. The van der Waals surface area contributed by atoms with Gasteiger partial charge in [0.05, 0.1) is 17.4 Å². The fourth-order valence-corrected chi connectivity index (χ4v) is 2.97. The number of nitriles is 1. The molecule has 1 N–H and O–H groups in total. The van der Waals surface area contributed by atoms with Gasteiger partial charge in [0, 0.05) is 13.6 Å². The summed E-state index contributed by atoms with van der Waals surface area (Å²) in [7, 11) is -2.39. The van der Waals surface area contributed by atoms with Gasteiger partial charge in [-0.05, 0) is 26.0 Å². The van der Waals surface area contributed by atoms with Crippen LogP contribution in [0.5, 0.6) is 0 Å². The maximum absolute atomic E-state index is 12.2. The predicted molar refractivity (Wildman–Crippen MR) is 89.8 cm³/mol. The molecule has 0 heterocycles. The molecular formula is C16H21N3O5S. The molecule has 0 unspecified atom stereocenters. The molecule has 0 aliphatic carbocycles. The molecule has 1 rings (SSSR count). The van der Waals surface area contributed by atoms with E-state index in [2.05, 4.69) is 4.72 Å². The van der Waals surface area contributed by atoms with Crippen molar-refractivity contribution in [2.45, 2.75) is 31.2 Å². The predicted octanol–water partition coefficient (Wildman–Crippen LogP) is 0.577. The van der Waals surface area contributed by atoms with Crippen LogP contribution in [0.15, 0.2) is 29.2 Å². The molecule has 9 heteroatoms. The highest BCUT2D eigenvalue weighted by molar-refractivity contribution is 7.89. The number of aryl methyl sites for hydroxylation is 1. The number of carbonyl (C=O) groups excluding carboxylic acids is 2. The van der Waals surface area contributed by atoms with E-state index in [9.17, 15) is 18.0 Å². The molecule has 0 saturated heterocycles. The lowest BCUT2D eigenvalue weighted by molar-refractivity contribution is -0.152. The van der Waals surface area contributed by atoms with Crippen LogP contribution < -0.4 is 4.72 Å². The van der Waals surface area contributed by atoms with Crippen LogP contribution in [0.4, 0.5) is 0 Å². The van der Waals surface area contributed by atoms with E-state index in [0.717, 1.165) is 5.56 Å². The highest BCUT2D eigenvalue weighted by Crippen LogP contribution is 2.10. The number of hydrogen-bond acceptors (Lipinski definition) is 6. The van der Waals surface area contributed by atoms with Crippen LogP contribution in [0.2, 0.25) is 0 Å². The van der Waals surface area contributed by atoms with Crippen LogP contribution in [0.25, 0.3) is 0 Å². The standard InChI is InChI=1S/C16H21N3O5S/c1-12-5-7-14(8-6-12)25(22,23)18-13(2)16(21)24-11-15(20)19(3)10-4-9-17/h5-8,13,18H,4,10-11H2,1-3H3/t13-/m0/s1. The second kappa shape index (κ2) is 9.15. The van der Waals surface area contributed by atoms with Crippen molar-refractivity contribution in [3.05, 3.63) is 29.8 Å². The van der Waals surface area contributed by atoms with Gasteiger partial charge in [-0.1, -0.05) is 17.7 Å². The maximum Gasteiger partial charge on any atom is 0.324 e. The van der Waals surface area contributed by atoms with E-state index in [0.29, 0.717) is 0 Å². The Morgan fingerprint density at radius 1 is 1.32 bits per heavy atom. The Bertz CT molecular complexity index is 753. The molecule has 0 aliphatic rings. The first-order valence-corrected chi connectivity index (χ1v) is 9.02. The Morgan fingerprint density at radius 2 is 1.92 bits per heavy atom. The Morgan fingerprint density at radius 3 is 2.48 bits per heavy atom. The molecule has 0 spiro atoms. The number of likely N-dealkylation sites (N-methyl/N-ethyl adjacent to an activating group) is 1. The molecule has 0 aliphatic heterocycles. The number of ether oxygens (including phenoxy) is 1. The fraction of sp³-hybridized carbons (Fsp3) is 0.438. The van der Waals surface area contributed by atoms with Crippen LogP contribution in [0.1, 0.15) is 18.9 Å². The molecule has 8 nitrogen and oxygen atoms in total. The first-order valence-electron chi connectivity index (χ1n) is 7.54. The van der Waals surface area contributed by atoms with Crippen LogP contribution in [-0.4, -0.2) is 51.4 Å². The minimum atomic E-state index is -3.87. The lowest BCUT2D eigenvalue weighted by Crippen LogP contribution is -2.41. The van der Waals surface area contributed by atoms with Gasteiger partial charge in [0.2, 0.25) is 10.0 Å². The zero-order chi connectivity index (χ0) is 19.0. The number of nitrogens with zero attached hydrogens (tertiary/aromatic N) is 2. The molecular weight excluding hydrogens is 346 g/mol. The lowest BCUT2D eigenvalue weighted by atomic mass is 10.2. The molecule has 0 fully saturated rings. The number of rotatable bonds is 8. The van der Waals surface area contributed by atoms with E-state index in [4.69, 9.17) is 10.00 Å². The monoisotopic (exact) mass is 367 g/mol. The molecule has 0 radical (unpaired) electrons. The molecule has 0 bridgehead atoms. The summed E-state index contributed by atoms with van der Waals surface area (Å²) in [6.45, 7) is 2.87. The average Bonchev–Trinajstić information content (AvgIpc) is 2.56. The van der Waals surface area contributed by atoms with Gasteiger partial charge in [0.25, 0.3) is 5.91 Å². The van der Waals surface area contributed by atoms with Crippen molar-refractivity contribution >= 4 is 21.9 Å². The van der Waals surface area contributed by atoms with Gasteiger partial charge in [0.15, 0.2) is 6.61 Å². The number of benzene rings is 1. The van der Waals surface area contributed by atoms with Crippen molar-refractivity contribution in [1.29, 1.82) is 5.26 Å². The van der Waals surface area contributed by atoms with Gasteiger partial charge in [-0.2, -0.15) is 9.98 Å². The van der Waals surface area contributed by atoms with Gasteiger partial charge in [-0.15, -0.1) is 0 Å². The second-order valence-electron chi connectivity index (χ2n) is 5.49. The summed E-state index contributed by atoms with van der Waals surface area (Å²) in [6, 6.07) is 6.91. The third-order valence-electron chi connectivity index (χ3n) is 3.34. The smallest absolute Gasteiger partial charge is 0.324 e. The van der Waals surface area contributed by atoms with E-state index in [-0.39, 0.29) is 17.9 Å². The van der Waals surface area contributed by atoms with E-state index in [1.165, 1.54) is 31.0 Å². The Kier molecular flexibility index (Phi) is 7.54. The molecule has 136 valence electrons. The van der Waals surface area contributed by atoms with Gasteiger partial charge in [0.1, 0.15) is 6.04 Å². The molecule has 0 aromatic heterocycles. The molecule has 1 atom stereocenters. The molecule has 1 aromatic rings. The van der Waals surface area contributed by atoms with Gasteiger partial charge in [-0.3, -0.25) is 9.59 Å². The number of sulfonamides is 1. The summed E-state index contributed by atoms with van der Waals surface area (Å²) in [5.41, 5.74) is 0.908. The van der Waals surface area contributed by atoms with E-state index in [1.807, 2.05) is 13.0 Å². The summed E-state index contributed by atoms with van der Waals surface area (Å²) in [6.07, 6.45) is 0.170. The van der Waals surface area contributed by atoms with E-state index in [1.54, 1.807) is 12.1 Å². The summed E-state index contributed by atoms with van der Waals surface area (Å²) < 4.78 is 31.4. The summed E-state index contributed by atoms with van der Waals surface area (Å²) in [5.74, 6) is -1.34. The Hall–Kier alpha value is -2.44. The minimum Gasteiger partial charge on any atom is -0.454 e. The first-order chi connectivity index (χ1) is 11.7. The topological polar surface area (TPSA) is 117 Å². The highest BCUT2D eigenvalue weighted by Gasteiger charge is 2.24. The quantitative estimate of drug-likeness (QED) is 0.672. The van der Waals surface area contributed by atoms with Crippen molar-refractivity contribution in [3.63, 3.8) is 0 Å². The zero-order valence-corrected chi connectivity index (χ0v) is 15.2. The third kappa shape index (κ3) is 6.52. The number of esters is 1. The molecule has 1 aromatic carbocycles. The van der Waals surface area contributed by atoms with Gasteiger partial charge >= 0.3 is 5.97 Å². The van der Waals surface area contributed by atoms with E-state index >= 15 is 0 Å². The van der Waals surface area contributed by atoms with E-state index < -0.39 is 34.5 Å². The van der Waals surface area contributed by atoms with Crippen LogP contribution >= 0.6 is 0 Å². The lowest BCUT2D eigenvalue weighted by Gasteiger charge is -2.17. The summed E-state index contributed by atoms with van der Waals surface area (Å²) in [4.78, 5) is 24.9. The molecule has 0 saturated carbocycles. The van der Waals surface area contributed by atoms with Crippen LogP contribution in [0, 0.1) is 18.3 Å². The van der Waals surface area contributed by atoms with Gasteiger partial charge < -0.3 is 9.64 Å². The highest BCUT2D eigenvalue weighted by atomic mass is 32.2. The van der Waals surface area contributed by atoms with Crippen molar-refractivity contribution in [2.75, 3.05) is 20.2 Å². The second-order valence-corrected chi connectivity index (χ2v) is 7.20. The Labute approximate surface area is 147 Å². The zero-order valence-electron chi connectivity index (χ0n) is 14.4. The summed E-state index contributed by atoms with van der Waals surface area (Å²) in [5, 5.41) is 8.47. The van der Waals surface area contributed by atoms with Crippen molar-refractivity contribution in [2.24, 2.45) is 0 Å². The van der Waals surface area contributed by atoms with Crippen molar-refractivity contribution in [3.8, 4) is 6.07 Å². The van der Waals surface area contributed by atoms with Crippen molar-refractivity contribution in [1.82, 2.24) is 9.62 Å². The number of nitrogens with one attached hydrogen (secondary N) is 1. The van der Waals surface area contributed by atoms with Crippen molar-refractivity contribution < 1.29 is 22.7 Å². The largest absolute Gasteiger partial charge is 0.454 e. The van der Waals surface area contributed by atoms with Gasteiger partial charge in [-0.25, -0.2) is 8.42 Å². The SMILES string of the molecule is Cc1ccc(S(=O)(=O)N[C@@H](C)C(=O)OCC(=O)N(C)CCC#N)cc1. The maximum atomic E-state index is 12.2. The third-order valence-corrected chi connectivity index (χ3v) is 4.90. The summed E-state index contributed by atoms with van der Waals surface area (Å²) >= 11 is 0.